The van der Waals surface area contributed by atoms with E-state index in [4.69, 9.17) is 9.47 Å². The van der Waals surface area contributed by atoms with Gasteiger partial charge >= 0.3 is 0 Å². The summed E-state index contributed by atoms with van der Waals surface area (Å²) >= 11 is 0. The molecule has 0 spiro atoms. The lowest BCUT2D eigenvalue weighted by Gasteiger charge is -2.39. The van der Waals surface area contributed by atoms with Crippen molar-refractivity contribution in [1.29, 1.82) is 0 Å². The molecular weight excluding hydrogens is 290 g/mol. The molecule has 1 aromatic heterocycles. The topological polar surface area (TPSA) is 104 Å². The highest BCUT2D eigenvalue weighted by atomic mass is 16.7. The van der Waals surface area contributed by atoms with Gasteiger partial charge in [0.15, 0.2) is 0 Å². The summed E-state index contributed by atoms with van der Waals surface area (Å²) in [6, 6.07) is 7.56. The summed E-state index contributed by atoms with van der Waals surface area (Å²) in [7, 11) is 1.86. The summed E-state index contributed by atoms with van der Waals surface area (Å²) in [4.78, 5) is 0. The molecule has 0 bridgehead atoms. The second kappa shape index (κ2) is 5.86. The minimum absolute atomic E-state index is 0.486. The van der Waals surface area contributed by atoms with Crippen LogP contribution in [0.3, 0.4) is 0 Å². The number of ether oxygens (including phenoxy) is 2. The van der Waals surface area contributed by atoms with Gasteiger partial charge in [0.2, 0.25) is 6.29 Å². The van der Waals surface area contributed by atoms with Crippen LogP contribution >= 0.6 is 0 Å². The molecule has 0 aliphatic carbocycles. The van der Waals surface area contributed by atoms with Gasteiger partial charge < -0.3 is 34.5 Å². The lowest BCUT2D eigenvalue weighted by molar-refractivity contribution is -0.277. The molecule has 1 aliphatic rings. The van der Waals surface area contributed by atoms with E-state index in [0.717, 1.165) is 10.9 Å². The zero-order valence-electron chi connectivity index (χ0n) is 12.0. The molecular formula is C15H19NO6. The van der Waals surface area contributed by atoms with Crippen molar-refractivity contribution in [1.82, 2.24) is 4.57 Å². The van der Waals surface area contributed by atoms with Gasteiger partial charge in [-0.05, 0) is 12.1 Å². The van der Waals surface area contributed by atoms with Crippen molar-refractivity contribution in [3.8, 4) is 5.75 Å². The Balaban J connectivity index is 1.87. The number of nitrogens with zero attached hydrogens (tertiary/aromatic N) is 1. The van der Waals surface area contributed by atoms with Crippen LogP contribution in [0, 0.1) is 0 Å². The Morgan fingerprint density at radius 1 is 1.14 bits per heavy atom. The fraction of sp³-hybridized carbons (Fsp3) is 0.467. The van der Waals surface area contributed by atoms with Crippen LogP contribution in [0.15, 0.2) is 30.5 Å². The van der Waals surface area contributed by atoms with Crippen molar-refractivity contribution in [3.63, 3.8) is 0 Å². The van der Waals surface area contributed by atoms with Crippen LogP contribution in [0.4, 0.5) is 0 Å². The van der Waals surface area contributed by atoms with Crippen molar-refractivity contribution < 1.29 is 29.9 Å². The van der Waals surface area contributed by atoms with Crippen molar-refractivity contribution in [3.05, 3.63) is 30.5 Å². The predicted octanol–water partition coefficient (Wildman–Crippen LogP) is -0.643. The van der Waals surface area contributed by atoms with Crippen molar-refractivity contribution in [2.45, 2.75) is 30.7 Å². The summed E-state index contributed by atoms with van der Waals surface area (Å²) in [6.45, 7) is -0.486. The number of para-hydroxylation sites is 1. The average Bonchev–Trinajstić information content (AvgIpc) is 2.84. The van der Waals surface area contributed by atoms with Crippen LogP contribution in [-0.4, -0.2) is 62.3 Å². The van der Waals surface area contributed by atoms with Crippen molar-refractivity contribution in [2.24, 2.45) is 7.05 Å². The van der Waals surface area contributed by atoms with E-state index in [0.29, 0.717) is 5.75 Å². The molecule has 0 saturated carbocycles. The molecule has 2 aromatic rings. The van der Waals surface area contributed by atoms with E-state index in [1.807, 2.05) is 35.9 Å². The number of rotatable bonds is 3. The molecule has 120 valence electrons. The van der Waals surface area contributed by atoms with E-state index in [9.17, 15) is 20.4 Å². The van der Waals surface area contributed by atoms with E-state index in [-0.39, 0.29) is 0 Å². The Bertz CT molecular complexity index is 655. The molecule has 0 unspecified atom stereocenters. The minimum atomic E-state index is -1.45. The van der Waals surface area contributed by atoms with Gasteiger partial charge in [-0.25, -0.2) is 0 Å². The van der Waals surface area contributed by atoms with Gasteiger partial charge in [0, 0.05) is 18.6 Å². The molecule has 2 heterocycles. The second-order valence-corrected chi connectivity index (χ2v) is 5.44. The van der Waals surface area contributed by atoms with Gasteiger partial charge in [-0.3, -0.25) is 0 Å². The molecule has 1 aromatic carbocycles. The zero-order valence-corrected chi connectivity index (χ0v) is 12.0. The fourth-order valence-electron chi connectivity index (χ4n) is 2.69. The van der Waals surface area contributed by atoms with Crippen LogP contribution in [0.2, 0.25) is 0 Å². The molecule has 22 heavy (non-hydrogen) atoms. The van der Waals surface area contributed by atoms with Crippen LogP contribution in [0.1, 0.15) is 0 Å². The van der Waals surface area contributed by atoms with Gasteiger partial charge in [0.25, 0.3) is 0 Å². The minimum Gasteiger partial charge on any atom is -0.460 e. The third kappa shape index (κ3) is 2.47. The molecule has 7 nitrogen and oxygen atoms in total. The molecule has 3 rings (SSSR count). The smallest absolute Gasteiger partial charge is 0.229 e. The number of hydrogen-bond acceptors (Lipinski definition) is 6. The van der Waals surface area contributed by atoms with E-state index >= 15 is 0 Å². The molecule has 1 saturated heterocycles. The Kier molecular flexibility index (Phi) is 4.07. The molecule has 1 aliphatic heterocycles. The van der Waals surface area contributed by atoms with Crippen LogP contribution in [0.25, 0.3) is 10.9 Å². The summed E-state index contributed by atoms with van der Waals surface area (Å²) in [5, 5.41) is 39.6. The monoisotopic (exact) mass is 309 g/mol. The van der Waals surface area contributed by atoms with Crippen LogP contribution < -0.4 is 4.74 Å². The maximum Gasteiger partial charge on any atom is 0.229 e. The highest BCUT2D eigenvalue weighted by Gasteiger charge is 2.44. The summed E-state index contributed by atoms with van der Waals surface area (Å²) in [5.41, 5.74) is 0.946. The SMILES string of the molecule is Cn1cc(O[C@@H]2O[C@H](CO)[C@H](O)[C@H](O)[C@H]2O)c2ccccc21. The van der Waals surface area contributed by atoms with Gasteiger partial charge in [0.05, 0.1) is 12.1 Å². The number of aromatic nitrogens is 1. The van der Waals surface area contributed by atoms with Crippen LogP contribution in [-0.2, 0) is 11.8 Å². The van der Waals surface area contributed by atoms with Gasteiger partial charge in [-0.15, -0.1) is 0 Å². The van der Waals surface area contributed by atoms with Crippen LogP contribution in [0.5, 0.6) is 5.75 Å². The summed E-state index contributed by atoms with van der Waals surface area (Å²) < 4.78 is 12.9. The fourth-order valence-corrected chi connectivity index (χ4v) is 2.69. The largest absolute Gasteiger partial charge is 0.460 e. The highest BCUT2D eigenvalue weighted by molar-refractivity contribution is 5.86. The number of aryl methyl sites for hydroxylation is 1. The first-order chi connectivity index (χ1) is 10.5. The number of benzene rings is 1. The Hall–Kier alpha value is -1.64. The first-order valence-electron chi connectivity index (χ1n) is 7.04. The average molecular weight is 309 g/mol. The van der Waals surface area contributed by atoms with Gasteiger partial charge in [-0.1, -0.05) is 12.1 Å². The normalized spacial score (nSPS) is 32.3. The number of fused-ring (bicyclic) bond motifs is 1. The summed E-state index contributed by atoms with van der Waals surface area (Å²) in [6.07, 6.45) is -4.69. The highest BCUT2D eigenvalue weighted by Crippen LogP contribution is 2.30. The lowest BCUT2D eigenvalue weighted by Crippen LogP contribution is -2.60. The second-order valence-electron chi connectivity index (χ2n) is 5.44. The molecule has 7 heteroatoms. The number of aliphatic hydroxyl groups excluding tert-OH is 4. The Labute approximate surface area is 126 Å². The third-order valence-electron chi connectivity index (χ3n) is 3.95. The standard InChI is InChI=1S/C15H19NO6/c1-16-6-10(8-4-2-3-5-9(8)16)21-15-14(20)13(19)12(18)11(7-17)22-15/h2-6,11-15,17-20H,7H2,1H3/t11-,12+,13+,14-,15-/m1/s1. The van der Waals surface area contributed by atoms with Crippen molar-refractivity contribution in [2.75, 3.05) is 6.61 Å². The molecule has 1 fully saturated rings. The Morgan fingerprint density at radius 2 is 1.86 bits per heavy atom. The first kappa shape index (κ1) is 15.3. The van der Waals surface area contributed by atoms with E-state index in [1.165, 1.54) is 0 Å². The van der Waals surface area contributed by atoms with Gasteiger partial charge in [0.1, 0.15) is 30.2 Å². The zero-order chi connectivity index (χ0) is 15.9. The molecule has 4 N–H and O–H groups in total. The maximum atomic E-state index is 10.0. The third-order valence-corrected chi connectivity index (χ3v) is 3.95. The van der Waals surface area contributed by atoms with E-state index in [2.05, 4.69) is 0 Å². The molecule has 5 atom stereocenters. The van der Waals surface area contributed by atoms with Crippen molar-refractivity contribution >= 4 is 10.9 Å². The molecule has 0 radical (unpaired) electrons. The predicted molar refractivity (Wildman–Crippen MR) is 77.3 cm³/mol. The van der Waals surface area contributed by atoms with E-state index in [1.54, 1.807) is 6.20 Å². The first-order valence-corrected chi connectivity index (χ1v) is 7.04. The van der Waals surface area contributed by atoms with E-state index < -0.39 is 37.3 Å². The Morgan fingerprint density at radius 3 is 2.59 bits per heavy atom. The molecule has 0 amide bonds. The number of aliphatic hydroxyl groups is 4. The lowest BCUT2D eigenvalue weighted by atomic mass is 9.99. The van der Waals surface area contributed by atoms with Gasteiger partial charge in [-0.2, -0.15) is 0 Å². The summed E-state index contributed by atoms with van der Waals surface area (Å²) in [5.74, 6) is 0.488. The number of hydrogen-bond donors (Lipinski definition) is 4. The maximum absolute atomic E-state index is 10.0. The quantitative estimate of drug-likeness (QED) is 0.601.